The molecular formula is C26H27ClN4O6. The molecule has 0 atom stereocenters. The molecule has 2 N–H and O–H groups in total. The molecule has 0 aliphatic heterocycles. The van der Waals surface area contributed by atoms with Gasteiger partial charge in [-0.05, 0) is 56.0 Å². The van der Waals surface area contributed by atoms with Gasteiger partial charge in [0.1, 0.15) is 17.1 Å². The van der Waals surface area contributed by atoms with E-state index >= 15 is 0 Å². The highest BCUT2D eigenvalue weighted by Gasteiger charge is 2.31. The maximum Gasteiger partial charge on any atom is 0.337 e. The topological polar surface area (TPSA) is 131 Å². The van der Waals surface area contributed by atoms with Crippen LogP contribution in [0.5, 0.6) is 0 Å². The maximum absolute atomic E-state index is 13.3. The van der Waals surface area contributed by atoms with Gasteiger partial charge in [-0.2, -0.15) is 0 Å². The first-order chi connectivity index (χ1) is 17.7. The highest BCUT2D eigenvalue weighted by molar-refractivity contribution is 6.30. The molecule has 0 saturated heterocycles. The van der Waals surface area contributed by atoms with Gasteiger partial charge in [0.05, 0.1) is 17.7 Å². The second kappa shape index (κ2) is 11.0. The predicted molar refractivity (Wildman–Crippen MR) is 138 cm³/mol. The van der Waals surface area contributed by atoms with Crippen molar-refractivity contribution in [1.82, 2.24) is 9.88 Å². The van der Waals surface area contributed by atoms with Gasteiger partial charge in [0.2, 0.25) is 17.6 Å². The maximum atomic E-state index is 13.3. The average molecular weight is 527 g/mol. The van der Waals surface area contributed by atoms with Crippen LogP contribution < -0.4 is 10.6 Å². The number of ether oxygens (including phenoxy) is 1. The zero-order valence-electron chi connectivity index (χ0n) is 20.7. The number of furan rings is 1. The summed E-state index contributed by atoms with van der Waals surface area (Å²) in [4.78, 5) is 56.0. The highest BCUT2D eigenvalue weighted by atomic mass is 35.5. The summed E-state index contributed by atoms with van der Waals surface area (Å²) in [5, 5.41) is 6.29. The number of esters is 1. The molecule has 0 radical (unpaired) electrons. The molecule has 194 valence electrons. The summed E-state index contributed by atoms with van der Waals surface area (Å²) in [6.07, 6.45) is 3.97. The van der Waals surface area contributed by atoms with Crippen LogP contribution in [-0.4, -0.2) is 53.8 Å². The van der Waals surface area contributed by atoms with Crippen molar-refractivity contribution in [3.05, 3.63) is 52.9 Å². The summed E-state index contributed by atoms with van der Waals surface area (Å²) in [5.41, 5.74) is 0.703. The fourth-order valence-corrected chi connectivity index (χ4v) is 4.57. The zero-order chi connectivity index (χ0) is 26.7. The Kier molecular flexibility index (Phi) is 7.77. The standard InChI is InChI=1S/C26H27ClN4O6/c1-14(32)31(2)18-8-4-15(5-9-18)24(33)30-22-19-12-16(26(35)36-3)6-10-20(19)37-23(22)25(34)29-21-11-7-17(27)13-28-21/h6-7,10-13,15,18H,4-5,8-9H2,1-3H3,(H,30,33)(H,28,29,34). The molecule has 0 unspecified atom stereocenters. The molecule has 1 aromatic carbocycles. The lowest BCUT2D eigenvalue weighted by atomic mass is 9.84. The Morgan fingerprint density at radius 3 is 2.43 bits per heavy atom. The molecule has 11 heteroatoms. The minimum atomic E-state index is -0.632. The van der Waals surface area contributed by atoms with E-state index in [9.17, 15) is 19.2 Å². The van der Waals surface area contributed by atoms with Crippen molar-refractivity contribution in [3.63, 3.8) is 0 Å². The summed E-state index contributed by atoms with van der Waals surface area (Å²) in [6.45, 7) is 1.53. The minimum absolute atomic E-state index is 0.00925. The van der Waals surface area contributed by atoms with E-state index in [2.05, 4.69) is 15.6 Å². The second-order valence-electron chi connectivity index (χ2n) is 8.95. The average Bonchev–Trinajstić information content (AvgIpc) is 3.26. The van der Waals surface area contributed by atoms with Crippen molar-refractivity contribution in [2.24, 2.45) is 5.92 Å². The molecule has 1 fully saturated rings. The van der Waals surface area contributed by atoms with Gasteiger partial charge in [-0.15, -0.1) is 0 Å². The Morgan fingerprint density at radius 2 is 1.81 bits per heavy atom. The van der Waals surface area contributed by atoms with Crippen molar-refractivity contribution in [3.8, 4) is 0 Å². The third-order valence-corrected chi connectivity index (χ3v) is 6.87. The predicted octanol–water partition coefficient (Wildman–Crippen LogP) is 4.50. The summed E-state index contributed by atoms with van der Waals surface area (Å²) >= 11 is 5.87. The Bertz CT molecular complexity index is 1350. The number of carbonyl (C=O) groups excluding carboxylic acids is 4. The molecule has 1 saturated carbocycles. The minimum Gasteiger partial charge on any atom is -0.465 e. The van der Waals surface area contributed by atoms with E-state index in [1.54, 1.807) is 18.0 Å². The van der Waals surface area contributed by atoms with Gasteiger partial charge >= 0.3 is 5.97 Å². The molecular weight excluding hydrogens is 500 g/mol. The van der Waals surface area contributed by atoms with Crippen LogP contribution in [0, 0.1) is 5.92 Å². The number of rotatable bonds is 6. The van der Waals surface area contributed by atoms with Crippen LogP contribution in [0.25, 0.3) is 11.0 Å². The van der Waals surface area contributed by atoms with E-state index in [1.807, 2.05) is 0 Å². The number of methoxy groups -OCH3 is 1. The molecule has 3 amide bonds. The molecule has 0 spiro atoms. The van der Waals surface area contributed by atoms with Crippen molar-refractivity contribution in [2.45, 2.75) is 38.6 Å². The molecule has 3 aromatic rings. The number of halogens is 1. The number of pyridine rings is 1. The molecule has 10 nitrogen and oxygen atoms in total. The lowest BCUT2D eigenvalue weighted by Crippen LogP contribution is -2.40. The molecule has 4 rings (SSSR count). The summed E-state index contributed by atoms with van der Waals surface area (Å²) in [6, 6.07) is 7.76. The molecule has 1 aliphatic rings. The highest BCUT2D eigenvalue weighted by Crippen LogP contribution is 2.35. The first kappa shape index (κ1) is 26.2. The Balaban J connectivity index is 1.62. The van der Waals surface area contributed by atoms with Crippen LogP contribution in [-0.2, 0) is 14.3 Å². The number of nitrogens with zero attached hydrogens (tertiary/aromatic N) is 2. The van der Waals surface area contributed by atoms with E-state index in [4.69, 9.17) is 20.8 Å². The smallest absolute Gasteiger partial charge is 0.337 e. The molecule has 2 aromatic heterocycles. The van der Waals surface area contributed by atoms with E-state index in [0.717, 1.165) is 0 Å². The number of hydrogen-bond acceptors (Lipinski definition) is 7. The lowest BCUT2D eigenvalue weighted by molar-refractivity contribution is -0.130. The van der Waals surface area contributed by atoms with Gasteiger partial charge in [-0.25, -0.2) is 9.78 Å². The van der Waals surface area contributed by atoms with E-state index in [-0.39, 0.29) is 46.6 Å². The number of fused-ring (bicyclic) bond motifs is 1. The Hall–Kier alpha value is -3.92. The molecule has 1 aliphatic carbocycles. The number of aromatic nitrogens is 1. The van der Waals surface area contributed by atoms with Gasteiger partial charge in [-0.3, -0.25) is 14.4 Å². The molecule has 37 heavy (non-hydrogen) atoms. The normalized spacial score (nSPS) is 17.2. The SMILES string of the molecule is COC(=O)c1ccc2oc(C(=O)Nc3ccc(Cl)cn3)c(NC(=O)C3CCC(N(C)C(C)=O)CC3)c2c1. The number of amides is 3. The van der Waals surface area contributed by atoms with Crippen LogP contribution in [0.2, 0.25) is 5.02 Å². The fraction of sp³-hybridized carbons (Fsp3) is 0.346. The van der Waals surface area contributed by atoms with Crippen LogP contribution >= 0.6 is 11.6 Å². The van der Waals surface area contributed by atoms with Crippen LogP contribution in [0.1, 0.15) is 53.5 Å². The number of hydrogen-bond donors (Lipinski definition) is 2. The van der Waals surface area contributed by atoms with Crippen molar-refractivity contribution in [2.75, 3.05) is 24.8 Å². The number of anilines is 2. The quantitative estimate of drug-likeness (QED) is 0.452. The van der Waals surface area contributed by atoms with E-state index < -0.39 is 11.9 Å². The lowest BCUT2D eigenvalue weighted by Gasteiger charge is -2.33. The summed E-state index contributed by atoms with van der Waals surface area (Å²) < 4.78 is 10.6. The first-order valence-electron chi connectivity index (χ1n) is 11.8. The number of benzene rings is 1. The third-order valence-electron chi connectivity index (χ3n) is 6.64. The number of carbonyl (C=O) groups is 4. The largest absolute Gasteiger partial charge is 0.465 e. The summed E-state index contributed by atoms with van der Waals surface area (Å²) in [7, 11) is 3.03. The van der Waals surface area contributed by atoms with E-state index in [0.29, 0.717) is 41.7 Å². The monoisotopic (exact) mass is 526 g/mol. The second-order valence-corrected chi connectivity index (χ2v) is 9.39. The zero-order valence-corrected chi connectivity index (χ0v) is 21.4. The summed E-state index contributed by atoms with van der Waals surface area (Å²) in [5.74, 6) is -1.67. The van der Waals surface area contributed by atoms with E-state index in [1.165, 1.54) is 44.5 Å². The van der Waals surface area contributed by atoms with Crippen molar-refractivity contribution < 1.29 is 28.3 Å². The van der Waals surface area contributed by atoms with Crippen LogP contribution in [0.3, 0.4) is 0 Å². The number of nitrogens with one attached hydrogen (secondary N) is 2. The Labute approximate surface area is 218 Å². The molecule has 2 heterocycles. The van der Waals surface area contributed by atoms with Crippen molar-refractivity contribution >= 4 is 57.8 Å². The van der Waals surface area contributed by atoms with Gasteiger partial charge in [0, 0.05) is 37.5 Å². The first-order valence-corrected chi connectivity index (χ1v) is 12.2. The van der Waals surface area contributed by atoms with Crippen molar-refractivity contribution in [1.29, 1.82) is 0 Å². The van der Waals surface area contributed by atoms with Gasteiger partial charge in [0.25, 0.3) is 5.91 Å². The van der Waals surface area contributed by atoms with Gasteiger partial charge in [0.15, 0.2) is 0 Å². The Morgan fingerprint density at radius 1 is 1.08 bits per heavy atom. The van der Waals surface area contributed by atoms with Crippen LogP contribution in [0.15, 0.2) is 40.9 Å². The van der Waals surface area contributed by atoms with Gasteiger partial charge in [-0.1, -0.05) is 11.6 Å². The third kappa shape index (κ3) is 5.75. The van der Waals surface area contributed by atoms with Crippen LogP contribution in [0.4, 0.5) is 11.5 Å². The molecule has 0 bridgehead atoms. The fourth-order valence-electron chi connectivity index (χ4n) is 4.46. The van der Waals surface area contributed by atoms with Gasteiger partial charge < -0.3 is 24.7 Å².